The molecule has 0 saturated carbocycles. The first-order valence-electron chi connectivity index (χ1n) is 7.21. The van der Waals surface area contributed by atoms with Gasteiger partial charge in [-0.2, -0.15) is 0 Å². The highest BCUT2D eigenvalue weighted by atomic mass is 127. The Labute approximate surface area is 136 Å². The molecular weight excluding hydrogens is 353 g/mol. The van der Waals surface area contributed by atoms with E-state index in [0.29, 0.717) is 0 Å². The molecule has 0 radical (unpaired) electrons. The molecular formula is C14H32IN3O. The number of hydrogen-bond donors (Lipinski definition) is 2. The first-order valence-corrected chi connectivity index (χ1v) is 7.21. The van der Waals surface area contributed by atoms with Crippen molar-refractivity contribution in [2.75, 3.05) is 33.4 Å². The quantitative estimate of drug-likeness (QED) is 0.263. The van der Waals surface area contributed by atoms with E-state index < -0.39 is 0 Å². The Morgan fingerprint density at radius 2 is 1.89 bits per heavy atom. The largest absolute Gasteiger partial charge is 0.385 e. The molecule has 19 heavy (non-hydrogen) atoms. The number of guanidine groups is 1. The summed E-state index contributed by atoms with van der Waals surface area (Å²) in [7, 11) is 1.75. The van der Waals surface area contributed by atoms with Gasteiger partial charge in [0.15, 0.2) is 5.96 Å². The van der Waals surface area contributed by atoms with E-state index in [4.69, 9.17) is 4.74 Å². The normalized spacial score (nSPS) is 11.3. The molecule has 0 aromatic rings. The van der Waals surface area contributed by atoms with E-state index >= 15 is 0 Å². The number of halogens is 1. The molecule has 0 aliphatic rings. The number of rotatable bonds is 10. The van der Waals surface area contributed by atoms with Gasteiger partial charge in [0.25, 0.3) is 0 Å². The van der Waals surface area contributed by atoms with Crippen LogP contribution in [0.1, 0.15) is 46.5 Å². The third kappa shape index (κ3) is 15.9. The minimum atomic E-state index is 0. The topological polar surface area (TPSA) is 45.7 Å². The van der Waals surface area contributed by atoms with Crippen molar-refractivity contribution >= 4 is 29.9 Å². The third-order valence-electron chi connectivity index (χ3n) is 2.63. The van der Waals surface area contributed by atoms with Gasteiger partial charge in [-0.3, -0.25) is 4.99 Å². The minimum absolute atomic E-state index is 0. The van der Waals surface area contributed by atoms with E-state index in [1.54, 1.807) is 7.11 Å². The zero-order valence-corrected chi connectivity index (χ0v) is 15.3. The highest BCUT2D eigenvalue weighted by molar-refractivity contribution is 14.0. The van der Waals surface area contributed by atoms with Crippen molar-refractivity contribution in [2.24, 2.45) is 10.9 Å². The van der Waals surface area contributed by atoms with Gasteiger partial charge in [0.05, 0.1) is 0 Å². The minimum Gasteiger partial charge on any atom is -0.385 e. The summed E-state index contributed by atoms with van der Waals surface area (Å²) in [6.07, 6.45) is 4.62. The Hall–Kier alpha value is -0.0400. The zero-order valence-electron chi connectivity index (χ0n) is 13.0. The van der Waals surface area contributed by atoms with Crippen LogP contribution in [0.2, 0.25) is 0 Å². The molecule has 0 unspecified atom stereocenters. The molecule has 0 aromatic carbocycles. The number of nitrogens with zero attached hydrogens (tertiary/aromatic N) is 1. The Bertz CT molecular complexity index is 211. The van der Waals surface area contributed by atoms with Crippen molar-refractivity contribution in [2.45, 2.75) is 46.5 Å². The Balaban J connectivity index is 0. The van der Waals surface area contributed by atoms with Crippen LogP contribution < -0.4 is 10.6 Å². The van der Waals surface area contributed by atoms with E-state index in [1.807, 2.05) is 0 Å². The summed E-state index contributed by atoms with van der Waals surface area (Å²) in [4.78, 5) is 4.56. The maximum atomic E-state index is 5.02. The maximum Gasteiger partial charge on any atom is 0.191 e. The summed E-state index contributed by atoms with van der Waals surface area (Å²) in [5, 5.41) is 6.64. The van der Waals surface area contributed by atoms with Crippen LogP contribution in [0, 0.1) is 5.92 Å². The molecule has 2 N–H and O–H groups in total. The monoisotopic (exact) mass is 385 g/mol. The highest BCUT2D eigenvalue weighted by Gasteiger charge is 1.98. The van der Waals surface area contributed by atoms with Crippen LogP contribution in [0.4, 0.5) is 0 Å². The molecule has 0 aliphatic carbocycles. The molecule has 0 saturated heterocycles. The second kappa shape index (κ2) is 16.0. The van der Waals surface area contributed by atoms with Crippen LogP contribution >= 0.6 is 24.0 Å². The van der Waals surface area contributed by atoms with Gasteiger partial charge in [0, 0.05) is 33.4 Å². The molecule has 0 amide bonds. The molecule has 4 nitrogen and oxygen atoms in total. The smallest absolute Gasteiger partial charge is 0.191 e. The fraction of sp³-hybridized carbons (Fsp3) is 0.929. The van der Waals surface area contributed by atoms with Gasteiger partial charge in [0.2, 0.25) is 0 Å². The Morgan fingerprint density at radius 1 is 1.16 bits per heavy atom. The summed E-state index contributed by atoms with van der Waals surface area (Å²) in [5.41, 5.74) is 0. The molecule has 116 valence electrons. The van der Waals surface area contributed by atoms with Crippen molar-refractivity contribution in [3.8, 4) is 0 Å². The predicted octanol–water partition coefficient (Wildman–Crippen LogP) is 3.02. The second-order valence-electron chi connectivity index (χ2n) is 4.92. The lowest BCUT2D eigenvalue weighted by molar-refractivity contribution is 0.192. The van der Waals surface area contributed by atoms with Crippen molar-refractivity contribution in [1.82, 2.24) is 10.6 Å². The van der Waals surface area contributed by atoms with Crippen LogP contribution in [0.15, 0.2) is 4.99 Å². The lowest BCUT2D eigenvalue weighted by atomic mass is 10.1. The average molecular weight is 385 g/mol. The number of ether oxygens (including phenoxy) is 1. The van der Waals surface area contributed by atoms with Gasteiger partial charge in [-0.25, -0.2) is 0 Å². The van der Waals surface area contributed by atoms with Crippen LogP contribution in [-0.4, -0.2) is 39.3 Å². The van der Waals surface area contributed by atoms with Gasteiger partial charge in [-0.1, -0.05) is 13.8 Å². The highest BCUT2D eigenvalue weighted by Crippen LogP contribution is 1.97. The molecule has 0 rings (SSSR count). The first kappa shape index (κ1) is 21.3. The molecule has 0 aliphatic heterocycles. The average Bonchev–Trinajstić information content (AvgIpc) is 2.33. The summed E-state index contributed by atoms with van der Waals surface area (Å²) < 4.78 is 5.02. The standard InChI is InChI=1S/C14H31N3O.HI/c1-5-15-14(17-11-9-13(2)3)16-10-7-6-8-12-18-4;/h13H,5-12H2,1-4H3,(H2,15,16,17);1H. The SMILES string of the molecule is CCNC(=NCCCCCOC)NCCC(C)C.I. The predicted molar refractivity (Wildman–Crippen MR) is 94.6 cm³/mol. The van der Waals surface area contributed by atoms with Gasteiger partial charge >= 0.3 is 0 Å². The lowest BCUT2D eigenvalue weighted by Crippen LogP contribution is -2.38. The van der Waals surface area contributed by atoms with Crippen molar-refractivity contribution in [1.29, 1.82) is 0 Å². The number of unbranched alkanes of at least 4 members (excludes halogenated alkanes) is 2. The van der Waals surface area contributed by atoms with Crippen LogP contribution in [0.25, 0.3) is 0 Å². The van der Waals surface area contributed by atoms with Gasteiger partial charge in [-0.05, 0) is 38.5 Å². The molecule has 0 fully saturated rings. The number of nitrogens with one attached hydrogen (secondary N) is 2. The summed E-state index contributed by atoms with van der Waals surface area (Å²) in [6, 6.07) is 0. The molecule has 0 spiro atoms. The Morgan fingerprint density at radius 3 is 2.47 bits per heavy atom. The van der Waals surface area contributed by atoms with E-state index in [2.05, 4.69) is 36.4 Å². The number of aliphatic imine (C=N–C) groups is 1. The Kier molecular flexibility index (Phi) is 17.9. The van der Waals surface area contributed by atoms with Crippen LogP contribution in [0.3, 0.4) is 0 Å². The second-order valence-corrected chi connectivity index (χ2v) is 4.92. The van der Waals surface area contributed by atoms with E-state index in [1.165, 1.54) is 12.8 Å². The molecule has 0 aromatic heterocycles. The number of hydrogen-bond acceptors (Lipinski definition) is 2. The number of methoxy groups -OCH3 is 1. The fourth-order valence-electron chi connectivity index (χ4n) is 1.55. The fourth-order valence-corrected chi connectivity index (χ4v) is 1.55. The third-order valence-corrected chi connectivity index (χ3v) is 2.63. The van der Waals surface area contributed by atoms with E-state index in [0.717, 1.165) is 51.0 Å². The van der Waals surface area contributed by atoms with Crippen molar-refractivity contribution in [3.05, 3.63) is 0 Å². The summed E-state index contributed by atoms with van der Waals surface area (Å²) >= 11 is 0. The van der Waals surface area contributed by atoms with Crippen molar-refractivity contribution < 1.29 is 4.74 Å². The molecule has 0 heterocycles. The van der Waals surface area contributed by atoms with E-state index in [-0.39, 0.29) is 24.0 Å². The van der Waals surface area contributed by atoms with Gasteiger partial charge in [-0.15, -0.1) is 24.0 Å². The summed E-state index contributed by atoms with van der Waals surface area (Å²) in [6.45, 7) is 10.2. The van der Waals surface area contributed by atoms with Crippen LogP contribution in [0.5, 0.6) is 0 Å². The maximum absolute atomic E-state index is 5.02. The van der Waals surface area contributed by atoms with Crippen molar-refractivity contribution in [3.63, 3.8) is 0 Å². The first-order chi connectivity index (χ1) is 8.70. The molecule has 0 bridgehead atoms. The zero-order chi connectivity index (χ0) is 13.6. The lowest BCUT2D eigenvalue weighted by Gasteiger charge is -2.12. The van der Waals surface area contributed by atoms with E-state index in [9.17, 15) is 0 Å². The van der Waals surface area contributed by atoms with Gasteiger partial charge in [0.1, 0.15) is 0 Å². The molecule has 0 atom stereocenters. The molecule has 5 heteroatoms. The van der Waals surface area contributed by atoms with Crippen LogP contribution in [-0.2, 0) is 4.74 Å². The van der Waals surface area contributed by atoms with Gasteiger partial charge < -0.3 is 15.4 Å². The summed E-state index contributed by atoms with van der Waals surface area (Å²) in [5.74, 6) is 1.68.